The van der Waals surface area contributed by atoms with Crippen LogP contribution in [0.15, 0.2) is 47.2 Å². The van der Waals surface area contributed by atoms with Crippen LogP contribution in [0.25, 0.3) is 22.8 Å². The Morgan fingerprint density at radius 3 is 2.90 bits per heavy atom. The average molecular weight is 411 g/mol. The van der Waals surface area contributed by atoms with E-state index in [4.69, 9.17) is 16.1 Å². The molecule has 29 heavy (non-hydrogen) atoms. The molecule has 4 heterocycles. The zero-order chi connectivity index (χ0) is 19.8. The van der Waals surface area contributed by atoms with Crippen LogP contribution in [0.4, 0.5) is 4.39 Å². The van der Waals surface area contributed by atoms with Gasteiger partial charge in [0.1, 0.15) is 11.6 Å². The van der Waals surface area contributed by atoms with Gasteiger partial charge in [-0.05, 0) is 43.2 Å². The molecule has 1 aliphatic heterocycles. The molecule has 3 aromatic heterocycles. The highest BCUT2D eigenvalue weighted by Crippen LogP contribution is 2.32. The molecule has 0 spiro atoms. The number of rotatable bonds is 4. The topological polar surface area (TPSA) is 82.5 Å². The van der Waals surface area contributed by atoms with Gasteiger partial charge in [-0.3, -0.25) is 4.98 Å². The highest BCUT2D eigenvalue weighted by molar-refractivity contribution is 6.30. The Labute approximate surface area is 170 Å². The number of nitrogens with zero attached hydrogens (tertiary/aromatic N) is 6. The first-order valence-electron chi connectivity index (χ1n) is 9.30. The van der Waals surface area contributed by atoms with E-state index < -0.39 is 5.82 Å². The van der Waals surface area contributed by atoms with Crippen molar-refractivity contribution >= 4 is 11.6 Å². The molecular formula is C20H16ClFN6O. The maximum atomic E-state index is 14.1. The molecule has 0 N–H and O–H groups in total. The number of benzene rings is 1. The molecule has 0 aliphatic carbocycles. The van der Waals surface area contributed by atoms with Gasteiger partial charge in [-0.1, -0.05) is 16.8 Å². The molecule has 4 aromatic rings. The van der Waals surface area contributed by atoms with Crippen LogP contribution in [0.5, 0.6) is 0 Å². The smallest absolute Gasteiger partial charge is 0.260 e. The molecule has 1 unspecified atom stereocenters. The van der Waals surface area contributed by atoms with Crippen molar-refractivity contribution in [3.8, 4) is 22.8 Å². The largest absolute Gasteiger partial charge is 0.334 e. The Morgan fingerprint density at radius 1 is 1.17 bits per heavy atom. The Hall–Kier alpha value is -3.13. The molecule has 1 atom stereocenters. The molecule has 7 nitrogen and oxygen atoms in total. The molecule has 0 fully saturated rings. The number of hydrogen-bond acceptors (Lipinski definition) is 6. The third-order valence-electron chi connectivity index (χ3n) is 5.07. The predicted molar refractivity (Wildman–Crippen MR) is 104 cm³/mol. The summed E-state index contributed by atoms with van der Waals surface area (Å²) in [5.74, 6) is 2.02. The molecule has 9 heteroatoms. The van der Waals surface area contributed by atoms with Gasteiger partial charge >= 0.3 is 0 Å². The minimum Gasteiger partial charge on any atom is -0.334 e. The van der Waals surface area contributed by atoms with Gasteiger partial charge in [0.25, 0.3) is 5.89 Å². The Balaban J connectivity index is 1.41. The second-order valence-corrected chi connectivity index (χ2v) is 7.39. The number of pyridine rings is 1. The Kier molecular flexibility index (Phi) is 4.55. The molecule has 5 rings (SSSR count). The highest BCUT2D eigenvalue weighted by Gasteiger charge is 2.27. The first-order chi connectivity index (χ1) is 14.2. The lowest BCUT2D eigenvalue weighted by Crippen LogP contribution is -2.19. The maximum absolute atomic E-state index is 14.1. The van der Waals surface area contributed by atoms with Crippen molar-refractivity contribution in [2.45, 2.75) is 31.7 Å². The summed E-state index contributed by atoms with van der Waals surface area (Å²) in [4.78, 5) is 8.43. The van der Waals surface area contributed by atoms with Gasteiger partial charge in [-0.2, -0.15) is 4.98 Å². The number of aromatic nitrogens is 6. The summed E-state index contributed by atoms with van der Waals surface area (Å²) < 4.78 is 21.5. The molecule has 0 saturated carbocycles. The molecule has 0 bridgehead atoms. The Bertz CT molecular complexity index is 1160. The van der Waals surface area contributed by atoms with Gasteiger partial charge < -0.3 is 9.09 Å². The summed E-state index contributed by atoms with van der Waals surface area (Å²) in [5.41, 5.74) is 1.18. The first kappa shape index (κ1) is 17.9. The quantitative estimate of drug-likeness (QED) is 0.498. The van der Waals surface area contributed by atoms with Crippen LogP contribution >= 0.6 is 11.6 Å². The predicted octanol–water partition coefficient (Wildman–Crippen LogP) is 4.30. The molecule has 146 valence electrons. The van der Waals surface area contributed by atoms with E-state index in [0.29, 0.717) is 17.3 Å². The van der Waals surface area contributed by atoms with Gasteiger partial charge in [0.2, 0.25) is 0 Å². The maximum Gasteiger partial charge on any atom is 0.260 e. The second kappa shape index (κ2) is 7.36. The number of hydrogen-bond donors (Lipinski definition) is 0. The monoisotopic (exact) mass is 410 g/mol. The summed E-state index contributed by atoms with van der Waals surface area (Å²) in [5, 5.41) is 13.3. The van der Waals surface area contributed by atoms with Crippen molar-refractivity contribution in [3.63, 3.8) is 0 Å². The SMILES string of the molecule is Fc1ccc(Cl)cc1-c1nc(CC2CCCn3c(-c4ccncc4)nnc32)no1. The third-order valence-corrected chi connectivity index (χ3v) is 5.31. The average Bonchev–Trinajstić information content (AvgIpc) is 3.38. The molecule has 1 aromatic carbocycles. The molecular weight excluding hydrogens is 395 g/mol. The van der Waals surface area contributed by atoms with Crippen LogP contribution in [-0.2, 0) is 13.0 Å². The fraction of sp³-hybridized carbons (Fsp3) is 0.250. The summed E-state index contributed by atoms with van der Waals surface area (Å²) in [6.07, 6.45) is 5.98. The third kappa shape index (κ3) is 3.40. The highest BCUT2D eigenvalue weighted by atomic mass is 35.5. The van der Waals surface area contributed by atoms with E-state index in [1.165, 1.54) is 18.2 Å². The molecule has 0 amide bonds. The fourth-order valence-electron chi connectivity index (χ4n) is 3.70. The van der Waals surface area contributed by atoms with Gasteiger partial charge in [0.15, 0.2) is 11.6 Å². The zero-order valence-corrected chi connectivity index (χ0v) is 16.1. The summed E-state index contributed by atoms with van der Waals surface area (Å²) in [7, 11) is 0. The van der Waals surface area contributed by atoms with Crippen molar-refractivity contribution in [1.29, 1.82) is 0 Å². The summed E-state index contributed by atoms with van der Waals surface area (Å²) in [6.45, 7) is 0.863. The van der Waals surface area contributed by atoms with E-state index in [1.54, 1.807) is 12.4 Å². The molecule has 1 aliphatic rings. The standard InChI is InChI=1S/C20H16ClFN6O/c21-14-3-4-16(22)15(11-14)20-24-17(27-29-20)10-13-2-1-9-28-18(25-26-19(13)28)12-5-7-23-8-6-12/h3-8,11,13H,1-2,9-10H2. The lowest BCUT2D eigenvalue weighted by molar-refractivity contribution is 0.403. The van der Waals surface area contributed by atoms with Gasteiger partial charge in [-0.25, -0.2) is 4.39 Å². The Morgan fingerprint density at radius 2 is 2.03 bits per heavy atom. The fourth-order valence-corrected chi connectivity index (χ4v) is 3.87. The van der Waals surface area contributed by atoms with Crippen molar-refractivity contribution in [3.05, 3.63) is 65.2 Å². The lowest BCUT2D eigenvalue weighted by atomic mass is 9.95. The molecule has 0 saturated heterocycles. The van der Waals surface area contributed by atoms with E-state index in [1.807, 2.05) is 12.1 Å². The summed E-state index contributed by atoms with van der Waals surface area (Å²) in [6, 6.07) is 8.09. The van der Waals surface area contributed by atoms with Crippen LogP contribution in [0.1, 0.15) is 30.4 Å². The van der Waals surface area contributed by atoms with E-state index in [2.05, 4.69) is 29.9 Å². The number of fused-ring (bicyclic) bond motifs is 1. The minimum atomic E-state index is -0.455. The lowest BCUT2D eigenvalue weighted by Gasteiger charge is -2.22. The molecule has 0 radical (unpaired) electrons. The summed E-state index contributed by atoms with van der Waals surface area (Å²) >= 11 is 5.96. The number of halogens is 2. The van der Waals surface area contributed by atoms with E-state index in [-0.39, 0.29) is 17.4 Å². The van der Waals surface area contributed by atoms with Crippen LogP contribution < -0.4 is 0 Å². The first-order valence-corrected chi connectivity index (χ1v) is 9.68. The van der Waals surface area contributed by atoms with E-state index in [0.717, 1.165) is 36.6 Å². The minimum absolute atomic E-state index is 0.112. The van der Waals surface area contributed by atoms with Crippen LogP contribution in [0, 0.1) is 5.82 Å². The van der Waals surface area contributed by atoms with Crippen molar-refractivity contribution < 1.29 is 8.91 Å². The van der Waals surface area contributed by atoms with Gasteiger partial charge in [-0.15, -0.1) is 10.2 Å². The van der Waals surface area contributed by atoms with Crippen molar-refractivity contribution in [2.24, 2.45) is 0 Å². The van der Waals surface area contributed by atoms with Crippen LogP contribution in [-0.4, -0.2) is 29.9 Å². The van der Waals surface area contributed by atoms with Crippen LogP contribution in [0.2, 0.25) is 5.02 Å². The van der Waals surface area contributed by atoms with Gasteiger partial charge in [0.05, 0.1) is 5.56 Å². The van der Waals surface area contributed by atoms with E-state index >= 15 is 0 Å². The normalized spacial score (nSPS) is 16.0. The van der Waals surface area contributed by atoms with Gasteiger partial charge in [0, 0.05) is 41.9 Å². The van der Waals surface area contributed by atoms with E-state index in [9.17, 15) is 4.39 Å². The van der Waals surface area contributed by atoms with Crippen LogP contribution in [0.3, 0.4) is 0 Å². The second-order valence-electron chi connectivity index (χ2n) is 6.95. The van der Waals surface area contributed by atoms with Crippen molar-refractivity contribution in [1.82, 2.24) is 29.9 Å². The zero-order valence-electron chi connectivity index (χ0n) is 15.3. The van der Waals surface area contributed by atoms with Crippen molar-refractivity contribution in [2.75, 3.05) is 0 Å².